The maximum atomic E-state index is 9.77. The lowest BCUT2D eigenvalue weighted by molar-refractivity contribution is 0.231. The zero-order valence-electron chi connectivity index (χ0n) is 11.2. The SMILES string of the molecule is CCCN(CCN(C)C)Cc1ccccc1O. The Morgan fingerprint density at radius 3 is 2.35 bits per heavy atom. The van der Waals surface area contributed by atoms with Crippen molar-refractivity contribution in [2.75, 3.05) is 33.7 Å². The van der Waals surface area contributed by atoms with Crippen molar-refractivity contribution in [3.8, 4) is 5.75 Å². The van der Waals surface area contributed by atoms with Crippen molar-refractivity contribution in [2.45, 2.75) is 19.9 Å². The van der Waals surface area contributed by atoms with Gasteiger partial charge in [-0.25, -0.2) is 0 Å². The van der Waals surface area contributed by atoms with Gasteiger partial charge in [-0.2, -0.15) is 0 Å². The lowest BCUT2D eigenvalue weighted by Gasteiger charge is -2.23. The number of likely N-dealkylation sites (N-methyl/N-ethyl adjacent to an activating group) is 1. The van der Waals surface area contributed by atoms with Crippen LogP contribution in [0.3, 0.4) is 0 Å². The van der Waals surface area contributed by atoms with Gasteiger partial charge in [-0.05, 0) is 33.1 Å². The molecule has 3 heteroatoms. The van der Waals surface area contributed by atoms with Gasteiger partial charge in [0, 0.05) is 25.2 Å². The fourth-order valence-electron chi connectivity index (χ4n) is 1.81. The zero-order valence-corrected chi connectivity index (χ0v) is 11.2. The summed E-state index contributed by atoms with van der Waals surface area (Å²) in [6.07, 6.45) is 1.14. The average molecular weight is 236 g/mol. The zero-order chi connectivity index (χ0) is 12.7. The van der Waals surface area contributed by atoms with Gasteiger partial charge in [0.1, 0.15) is 5.75 Å². The molecule has 0 aliphatic heterocycles. The van der Waals surface area contributed by atoms with E-state index in [1.165, 1.54) is 0 Å². The second kappa shape index (κ2) is 7.30. The van der Waals surface area contributed by atoms with E-state index in [-0.39, 0.29) is 0 Å². The van der Waals surface area contributed by atoms with Gasteiger partial charge in [-0.3, -0.25) is 4.90 Å². The van der Waals surface area contributed by atoms with Crippen LogP contribution in [0.4, 0.5) is 0 Å². The number of aromatic hydroxyl groups is 1. The minimum absolute atomic E-state index is 0.401. The number of para-hydroxylation sites is 1. The van der Waals surface area contributed by atoms with Crippen molar-refractivity contribution in [1.82, 2.24) is 9.80 Å². The van der Waals surface area contributed by atoms with E-state index in [0.29, 0.717) is 5.75 Å². The van der Waals surface area contributed by atoms with Gasteiger partial charge in [0.25, 0.3) is 0 Å². The van der Waals surface area contributed by atoms with E-state index < -0.39 is 0 Å². The van der Waals surface area contributed by atoms with Crippen LogP contribution >= 0.6 is 0 Å². The van der Waals surface area contributed by atoms with Gasteiger partial charge in [0.15, 0.2) is 0 Å². The fraction of sp³-hybridized carbons (Fsp3) is 0.571. The smallest absolute Gasteiger partial charge is 0.120 e. The number of phenolic OH excluding ortho intramolecular Hbond substituents is 1. The summed E-state index contributed by atoms with van der Waals surface area (Å²) in [6.45, 7) is 6.17. The molecule has 0 unspecified atom stereocenters. The summed E-state index contributed by atoms with van der Waals surface area (Å²) in [4.78, 5) is 4.57. The van der Waals surface area contributed by atoms with E-state index in [0.717, 1.165) is 38.2 Å². The van der Waals surface area contributed by atoms with E-state index >= 15 is 0 Å². The largest absolute Gasteiger partial charge is 0.508 e. The Kier molecular flexibility index (Phi) is 6.01. The van der Waals surface area contributed by atoms with Gasteiger partial charge in [-0.1, -0.05) is 25.1 Å². The van der Waals surface area contributed by atoms with Crippen LogP contribution in [0, 0.1) is 0 Å². The molecule has 1 aromatic rings. The average Bonchev–Trinajstić information content (AvgIpc) is 2.29. The van der Waals surface area contributed by atoms with Gasteiger partial charge in [0.05, 0.1) is 0 Å². The molecule has 0 atom stereocenters. The highest BCUT2D eigenvalue weighted by Crippen LogP contribution is 2.17. The molecule has 0 aromatic heterocycles. The van der Waals surface area contributed by atoms with Crippen LogP contribution in [-0.2, 0) is 6.54 Å². The van der Waals surface area contributed by atoms with Crippen molar-refractivity contribution in [2.24, 2.45) is 0 Å². The molecular weight excluding hydrogens is 212 g/mol. The van der Waals surface area contributed by atoms with Gasteiger partial charge < -0.3 is 10.0 Å². The summed E-state index contributed by atoms with van der Waals surface area (Å²) in [7, 11) is 4.17. The fourth-order valence-corrected chi connectivity index (χ4v) is 1.81. The minimum atomic E-state index is 0.401. The Morgan fingerprint density at radius 2 is 1.76 bits per heavy atom. The quantitative estimate of drug-likeness (QED) is 0.786. The Balaban J connectivity index is 2.56. The molecular formula is C14H24N2O. The summed E-state index contributed by atoms with van der Waals surface area (Å²) >= 11 is 0. The molecule has 96 valence electrons. The third kappa shape index (κ3) is 5.20. The molecule has 17 heavy (non-hydrogen) atoms. The number of hydrogen-bond donors (Lipinski definition) is 1. The van der Waals surface area contributed by atoms with Crippen LogP contribution in [0.25, 0.3) is 0 Å². The lowest BCUT2D eigenvalue weighted by atomic mass is 10.2. The Hall–Kier alpha value is -1.06. The van der Waals surface area contributed by atoms with E-state index in [1.54, 1.807) is 6.07 Å². The number of phenols is 1. The van der Waals surface area contributed by atoms with Crippen LogP contribution < -0.4 is 0 Å². The second-order valence-corrected chi connectivity index (χ2v) is 4.71. The summed E-state index contributed by atoms with van der Waals surface area (Å²) in [5.41, 5.74) is 1.01. The molecule has 0 aliphatic rings. The van der Waals surface area contributed by atoms with Crippen LogP contribution in [0.2, 0.25) is 0 Å². The van der Waals surface area contributed by atoms with Crippen LogP contribution in [0.1, 0.15) is 18.9 Å². The molecule has 0 bridgehead atoms. The van der Waals surface area contributed by atoms with Gasteiger partial charge in [0.2, 0.25) is 0 Å². The number of benzene rings is 1. The van der Waals surface area contributed by atoms with Crippen molar-refractivity contribution in [3.05, 3.63) is 29.8 Å². The first-order valence-corrected chi connectivity index (χ1v) is 6.27. The van der Waals surface area contributed by atoms with E-state index in [1.807, 2.05) is 18.2 Å². The maximum absolute atomic E-state index is 9.77. The first-order chi connectivity index (χ1) is 8.13. The Labute approximate surface area is 105 Å². The van der Waals surface area contributed by atoms with E-state index in [2.05, 4.69) is 30.8 Å². The molecule has 1 N–H and O–H groups in total. The van der Waals surface area contributed by atoms with E-state index in [9.17, 15) is 5.11 Å². The van der Waals surface area contributed by atoms with Crippen molar-refractivity contribution >= 4 is 0 Å². The highest BCUT2D eigenvalue weighted by molar-refractivity contribution is 5.31. The predicted octanol–water partition coefficient (Wildman–Crippen LogP) is 2.17. The molecule has 0 aliphatic carbocycles. The summed E-state index contributed by atoms with van der Waals surface area (Å²) in [5, 5.41) is 9.77. The standard InChI is InChI=1S/C14H24N2O/c1-4-9-16(11-10-15(2)3)12-13-7-5-6-8-14(13)17/h5-8,17H,4,9-12H2,1-3H3. The molecule has 1 rings (SSSR count). The predicted molar refractivity (Wildman–Crippen MR) is 72.2 cm³/mol. The van der Waals surface area contributed by atoms with Gasteiger partial charge in [-0.15, -0.1) is 0 Å². The van der Waals surface area contributed by atoms with Crippen molar-refractivity contribution in [3.63, 3.8) is 0 Å². The minimum Gasteiger partial charge on any atom is -0.508 e. The van der Waals surface area contributed by atoms with Crippen molar-refractivity contribution < 1.29 is 5.11 Å². The normalized spacial score (nSPS) is 11.4. The summed E-state index contributed by atoms with van der Waals surface area (Å²) in [6, 6.07) is 7.59. The molecule has 0 radical (unpaired) electrons. The lowest BCUT2D eigenvalue weighted by Crippen LogP contribution is -2.32. The summed E-state index contributed by atoms with van der Waals surface area (Å²) < 4.78 is 0. The highest BCUT2D eigenvalue weighted by Gasteiger charge is 2.08. The van der Waals surface area contributed by atoms with E-state index in [4.69, 9.17) is 0 Å². The Morgan fingerprint density at radius 1 is 1.06 bits per heavy atom. The molecule has 0 fully saturated rings. The molecule has 0 saturated heterocycles. The molecule has 0 amide bonds. The third-order valence-corrected chi connectivity index (χ3v) is 2.79. The number of nitrogens with zero attached hydrogens (tertiary/aromatic N) is 2. The van der Waals surface area contributed by atoms with Gasteiger partial charge >= 0.3 is 0 Å². The van der Waals surface area contributed by atoms with Crippen LogP contribution in [0.15, 0.2) is 24.3 Å². The number of rotatable bonds is 7. The molecule has 0 heterocycles. The maximum Gasteiger partial charge on any atom is 0.120 e. The summed E-state index contributed by atoms with van der Waals surface area (Å²) in [5.74, 6) is 0.401. The topological polar surface area (TPSA) is 26.7 Å². The van der Waals surface area contributed by atoms with Crippen LogP contribution in [-0.4, -0.2) is 48.6 Å². The molecule has 0 saturated carbocycles. The number of hydrogen-bond acceptors (Lipinski definition) is 3. The first kappa shape index (κ1) is 14.0. The monoisotopic (exact) mass is 236 g/mol. The van der Waals surface area contributed by atoms with Crippen LogP contribution in [0.5, 0.6) is 5.75 Å². The molecule has 0 spiro atoms. The molecule has 3 nitrogen and oxygen atoms in total. The molecule has 1 aromatic carbocycles. The highest BCUT2D eigenvalue weighted by atomic mass is 16.3. The van der Waals surface area contributed by atoms with Crippen molar-refractivity contribution in [1.29, 1.82) is 0 Å². The Bertz CT molecular complexity index is 326. The first-order valence-electron chi connectivity index (χ1n) is 6.27. The second-order valence-electron chi connectivity index (χ2n) is 4.71. The third-order valence-electron chi connectivity index (χ3n) is 2.79.